The standard InChI is InChI=1S/C27H23BrN6O3S2/c1-16(25-31-23(32-37-25)22-3-2-14-38-22)33-10-12-34(13-11-33)27(36)24(35)29-19-7-4-17(5-8-19)26-30-20-15-18(28)6-9-21(20)39-26/h2-9,14-16H,10-13H2,1H3,(H,29,35). The van der Waals surface area contributed by atoms with E-state index in [2.05, 4.69) is 36.3 Å². The molecule has 6 rings (SSSR count). The van der Waals surface area contributed by atoms with E-state index < -0.39 is 11.8 Å². The SMILES string of the molecule is CC(c1nc(-c2cccs2)no1)N1CCN(C(=O)C(=O)Nc2ccc(-c3nc4cc(Br)ccc4s3)cc2)CC1. The Kier molecular flexibility index (Phi) is 7.26. The molecule has 0 radical (unpaired) electrons. The number of halogens is 1. The van der Waals surface area contributed by atoms with Crippen LogP contribution >= 0.6 is 38.6 Å². The molecule has 0 spiro atoms. The maximum Gasteiger partial charge on any atom is 0.313 e. The van der Waals surface area contributed by atoms with Gasteiger partial charge in [-0.3, -0.25) is 14.5 Å². The lowest BCUT2D eigenvalue weighted by Gasteiger charge is -2.36. The molecule has 0 bridgehead atoms. The molecule has 1 aliphatic rings. The molecule has 5 aromatic rings. The van der Waals surface area contributed by atoms with Gasteiger partial charge in [0.2, 0.25) is 11.7 Å². The summed E-state index contributed by atoms with van der Waals surface area (Å²) < 4.78 is 7.58. The first-order chi connectivity index (χ1) is 18.9. The first-order valence-electron chi connectivity index (χ1n) is 12.3. The fourth-order valence-electron chi connectivity index (χ4n) is 4.43. The van der Waals surface area contributed by atoms with Gasteiger partial charge in [0.05, 0.1) is 21.1 Å². The van der Waals surface area contributed by atoms with Crippen LogP contribution in [0.3, 0.4) is 0 Å². The Morgan fingerprint density at radius 1 is 1.05 bits per heavy atom. The number of amides is 2. The van der Waals surface area contributed by atoms with Gasteiger partial charge in [0.15, 0.2) is 0 Å². The molecule has 1 saturated heterocycles. The summed E-state index contributed by atoms with van der Waals surface area (Å²) in [6.07, 6.45) is 0. The number of carbonyl (C=O) groups excluding carboxylic acids is 2. The van der Waals surface area contributed by atoms with Crippen LogP contribution in [-0.2, 0) is 9.59 Å². The van der Waals surface area contributed by atoms with Crippen molar-refractivity contribution in [2.24, 2.45) is 0 Å². The Hall–Kier alpha value is -3.45. The van der Waals surface area contributed by atoms with E-state index in [0.717, 1.165) is 30.1 Å². The van der Waals surface area contributed by atoms with Gasteiger partial charge in [-0.05, 0) is 60.8 Å². The van der Waals surface area contributed by atoms with E-state index in [-0.39, 0.29) is 6.04 Å². The monoisotopic (exact) mass is 622 g/mol. The molecule has 0 aliphatic carbocycles. The van der Waals surface area contributed by atoms with Crippen LogP contribution < -0.4 is 5.32 Å². The Labute approximate surface area is 240 Å². The molecule has 198 valence electrons. The Morgan fingerprint density at radius 3 is 2.59 bits per heavy atom. The normalized spacial score (nSPS) is 15.0. The third-order valence-corrected chi connectivity index (χ3v) is 9.07. The summed E-state index contributed by atoms with van der Waals surface area (Å²) >= 11 is 6.65. The van der Waals surface area contributed by atoms with Crippen LogP contribution in [0.25, 0.3) is 31.5 Å². The minimum Gasteiger partial charge on any atom is -0.337 e. The highest BCUT2D eigenvalue weighted by molar-refractivity contribution is 9.10. The zero-order valence-corrected chi connectivity index (χ0v) is 24.1. The highest BCUT2D eigenvalue weighted by Crippen LogP contribution is 2.32. The van der Waals surface area contributed by atoms with Crippen LogP contribution in [0.2, 0.25) is 0 Å². The van der Waals surface area contributed by atoms with Crippen molar-refractivity contribution in [3.63, 3.8) is 0 Å². The summed E-state index contributed by atoms with van der Waals surface area (Å²) in [7, 11) is 0. The van der Waals surface area contributed by atoms with Gasteiger partial charge in [-0.15, -0.1) is 22.7 Å². The molecule has 3 aromatic heterocycles. The van der Waals surface area contributed by atoms with Crippen LogP contribution in [0.5, 0.6) is 0 Å². The molecule has 0 saturated carbocycles. The number of benzene rings is 2. The second kappa shape index (κ2) is 11.0. The van der Waals surface area contributed by atoms with Gasteiger partial charge >= 0.3 is 11.8 Å². The van der Waals surface area contributed by atoms with E-state index in [0.29, 0.717) is 43.6 Å². The number of rotatable bonds is 5. The first-order valence-corrected chi connectivity index (χ1v) is 14.8. The smallest absolute Gasteiger partial charge is 0.313 e. The van der Waals surface area contributed by atoms with Crippen molar-refractivity contribution in [2.45, 2.75) is 13.0 Å². The number of nitrogens with one attached hydrogen (secondary N) is 1. The number of carbonyl (C=O) groups is 2. The largest absolute Gasteiger partial charge is 0.337 e. The predicted octanol–water partition coefficient (Wildman–Crippen LogP) is 5.68. The molecule has 1 atom stereocenters. The Balaban J connectivity index is 1.03. The molecule has 2 aromatic carbocycles. The van der Waals surface area contributed by atoms with Crippen LogP contribution in [0, 0.1) is 0 Å². The summed E-state index contributed by atoms with van der Waals surface area (Å²) in [6, 6.07) is 17.2. The quantitative estimate of drug-likeness (QED) is 0.251. The minimum atomic E-state index is -0.647. The molecule has 4 heterocycles. The van der Waals surface area contributed by atoms with Crippen LogP contribution in [0.4, 0.5) is 5.69 Å². The van der Waals surface area contributed by atoms with E-state index in [1.807, 2.05) is 54.8 Å². The molecule has 2 amide bonds. The van der Waals surface area contributed by atoms with Crippen LogP contribution in [-0.4, -0.2) is 62.9 Å². The van der Waals surface area contributed by atoms with Crippen molar-refractivity contribution < 1.29 is 14.1 Å². The second-order valence-electron chi connectivity index (χ2n) is 9.10. The third-order valence-electron chi connectivity index (χ3n) is 6.62. The summed E-state index contributed by atoms with van der Waals surface area (Å²) in [5, 5.41) is 9.69. The highest BCUT2D eigenvalue weighted by atomic mass is 79.9. The molecule has 1 fully saturated rings. The highest BCUT2D eigenvalue weighted by Gasteiger charge is 2.30. The second-order valence-corrected chi connectivity index (χ2v) is 12.0. The van der Waals surface area contributed by atoms with E-state index >= 15 is 0 Å². The molecule has 1 aliphatic heterocycles. The number of nitrogens with zero attached hydrogens (tertiary/aromatic N) is 5. The Morgan fingerprint density at radius 2 is 1.85 bits per heavy atom. The van der Waals surface area contributed by atoms with Gasteiger partial charge in [0.1, 0.15) is 5.01 Å². The van der Waals surface area contributed by atoms with Crippen molar-refractivity contribution in [2.75, 3.05) is 31.5 Å². The number of hydrogen-bond acceptors (Lipinski definition) is 9. The summed E-state index contributed by atoms with van der Waals surface area (Å²) in [4.78, 5) is 39.5. The van der Waals surface area contributed by atoms with Gasteiger partial charge in [0, 0.05) is 41.9 Å². The lowest BCUT2D eigenvalue weighted by molar-refractivity contribution is -0.144. The van der Waals surface area contributed by atoms with Crippen molar-refractivity contribution in [1.29, 1.82) is 0 Å². The fourth-order valence-corrected chi connectivity index (χ4v) is 6.38. The van der Waals surface area contributed by atoms with Gasteiger partial charge in [-0.2, -0.15) is 4.98 Å². The number of fused-ring (bicyclic) bond motifs is 1. The van der Waals surface area contributed by atoms with Crippen molar-refractivity contribution in [1.82, 2.24) is 24.9 Å². The average molecular weight is 624 g/mol. The van der Waals surface area contributed by atoms with Gasteiger partial charge < -0.3 is 14.7 Å². The van der Waals surface area contributed by atoms with Gasteiger partial charge in [0.25, 0.3) is 0 Å². The van der Waals surface area contributed by atoms with E-state index in [9.17, 15) is 9.59 Å². The molecule has 12 heteroatoms. The van der Waals surface area contributed by atoms with Gasteiger partial charge in [-0.25, -0.2) is 4.98 Å². The molecule has 1 N–H and O–H groups in total. The number of thiophene rings is 1. The summed E-state index contributed by atoms with van der Waals surface area (Å²) in [6.45, 7) is 4.09. The fraction of sp³-hybridized carbons (Fsp3) is 0.222. The maximum absolute atomic E-state index is 12.8. The number of thiazole rings is 1. The summed E-state index contributed by atoms with van der Waals surface area (Å²) in [5.41, 5.74) is 2.44. The van der Waals surface area contributed by atoms with E-state index in [1.54, 1.807) is 39.7 Å². The zero-order chi connectivity index (χ0) is 26.9. The summed E-state index contributed by atoms with van der Waals surface area (Å²) in [5.74, 6) is -0.0655. The predicted molar refractivity (Wildman–Crippen MR) is 156 cm³/mol. The molecule has 39 heavy (non-hydrogen) atoms. The molecule has 9 nitrogen and oxygen atoms in total. The van der Waals surface area contributed by atoms with E-state index in [4.69, 9.17) is 9.51 Å². The third kappa shape index (κ3) is 5.50. The number of aromatic nitrogens is 3. The van der Waals surface area contributed by atoms with Crippen molar-refractivity contribution >= 4 is 66.3 Å². The van der Waals surface area contributed by atoms with Gasteiger partial charge in [-0.1, -0.05) is 27.2 Å². The van der Waals surface area contributed by atoms with Crippen LogP contribution in [0.1, 0.15) is 18.9 Å². The lowest BCUT2D eigenvalue weighted by Crippen LogP contribution is -2.52. The lowest BCUT2D eigenvalue weighted by atomic mass is 10.2. The average Bonchev–Trinajstić information content (AvgIpc) is 3.73. The Bertz CT molecular complexity index is 1630. The zero-order valence-electron chi connectivity index (χ0n) is 20.8. The molecular weight excluding hydrogens is 600 g/mol. The van der Waals surface area contributed by atoms with Crippen molar-refractivity contribution in [3.8, 4) is 21.3 Å². The number of piperazine rings is 1. The van der Waals surface area contributed by atoms with E-state index in [1.165, 1.54) is 0 Å². The van der Waals surface area contributed by atoms with Crippen LogP contribution in [0.15, 0.2) is 69.0 Å². The number of hydrogen-bond donors (Lipinski definition) is 1. The maximum atomic E-state index is 12.8. The molecular formula is C27H23BrN6O3S2. The topological polar surface area (TPSA) is 104 Å². The van der Waals surface area contributed by atoms with Crippen molar-refractivity contribution in [3.05, 3.63) is 70.3 Å². The minimum absolute atomic E-state index is 0.0900. The first kappa shape index (κ1) is 25.8. The molecule has 1 unspecified atom stereocenters. The number of anilines is 1.